The largest absolute Gasteiger partial charge is 0.341 e. The van der Waals surface area contributed by atoms with Crippen LogP contribution in [0, 0.1) is 12.8 Å². The molecule has 1 amide bonds. The fraction of sp³-hybridized carbons (Fsp3) is 0.440. The van der Waals surface area contributed by atoms with E-state index < -0.39 is 0 Å². The number of pyridine rings is 1. The van der Waals surface area contributed by atoms with E-state index in [1.807, 2.05) is 29.2 Å². The Balaban J connectivity index is 1.38. The predicted octanol–water partition coefficient (Wildman–Crippen LogP) is 4.34. The Kier molecular flexibility index (Phi) is 5.30. The second-order valence-electron chi connectivity index (χ2n) is 9.17. The second-order valence-corrected chi connectivity index (χ2v) is 9.17. The molecule has 160 valence electrons. The molecule has 2 fully saturated rings. The summed E-state index contributed by atoms with van der Waals surface area (Å²) in [7, 11) is 0. The fourth-order valence-electron chi connectivity index (χ4n) is 4.70. The lowest BCUT2D eigenvalue weighted by molar-refractivity contribution is -0.133. The molecule has 6 heteroatoms. The number of aromatic nitrogens is 3. The molecule has 1 atom stereocenters. The Morgan fingerprint density at radius 3 is 2.81 bits per heavy atom. The highest BCUT2D eigenvalue weighted by atomic mass is 16.5. The van der Waals surface area contributed by atoms with Crippen LogP contribution in [0.2, 0.25) is 0 Å². The number of amides is 1. The van der Waals surface area contributed by atoms with Crippen LogP contribution in [-0.4, -0.2) is 39.0 Å². The van der Waals surface area contributed by atoms with Crippen molar-refractivity contribution in [1.82, 2.24) is 20.0 Å². The third-order valence-electron chi connectivity index (χ3n) is 6.59. The molecule has 5 rings (SSSR count). The maximum atomic E-state index is 13.2. The van der Waals surface area contributed by atoms with Gasteiger partial charge in [-0.05, 0) is 49.8 Å². The van der Waals surface area contributed by atoms with Crippen LogP contribution in [0.1, 0.15) is 49.1 Å². The van der Waals surface area contributed by atoms with E-state index in [1.54, 1.807) is 12.4 Å². The Bertz CT molecular complexity index is 1040. The van der Waals surface area contributed by atoms with Crippen molar-refractivity contribution in [3.8, 4) is 11.5 Å². The van der Waals surface area contributed by atoms with Gasteiger partial charge in [0.1, 0.15) is 0 Å². The number of hydrogen-bond donors (Lipinski definition) is 0. The SMILES string of the molecule is Cc1ccc(CC(=O)N2CCCC(CC3CC3)(c3noc(-c4cccnc4)n3)C2)cc1. The van der Waals surface area contributed by atoms with Gasteiger partial charge in [-0.1, -0.05) is 47.8 Å². The summed E-state index contributed by atoms with van der Waals surface area (Å²) in [6, 6.07) is 12.0. The predicted molar refractivity (Wildman–Crippen MR) is 117 cm³/mol. The lowest BCUT2D eigenvalue weighted by Crippen LogP contribution is -2.49. The summed E-state index contributed by atoms with van der Waals surface area (Å²) in [5, 5.41) is 4.40. The van der Waals surface area contributed by atoms with Crippen LogP contribution in [0.3, 0.4) is 0 Å². The van der Waals surface area contributed by atoms with Gasteiger partial charge in [-0.2, -0.15) is 4.98 Å². The number of carbonyl (C=O) groups is 1. The summed E-state index contributed by atoms with van der Waals surface area (Å²) in [6.45, 7) is 3.53. The minimum atomic E-state index is -0.230. The van der Waals surface area contributed by atoms with Crippen molar-refractivity contribution in [2.24, 2.45) is 5.92 Å². The molecule has 0 radical (unpaired) electrons. The number of hydrogen-bond acceptors (Lipinski definition) is 5. The number of carbonyl (C=O) groups excluding carboxylic acids is 1. The first-order valence-electron chi connectivity index (χ1n) is 11.2. The summed E-state index contributed by atoms with van der Waals surface area (Å²) in [6.07, 6.45) is 9.39. The summed E-state index contributed by atoms with van der Waals surface area (Å²) >= 11 is 0. The minimum absolute atomic E-state index is 0.180. The van der Waals surface area contributed by atoms with Gasteiger partial charge in [0.15, 0.2) is 5.82 Å². The lowest BCUT2D eigenvalue weighted by atomic mass is 9.74. The van der Waals surface area contributed by atoms with Crippen molar-refractivity contribution in [3.05, 3.63) is 65.7 Å². The van der Waals surface area contributed by atoms with Crippen molar-refractivity contribution < 1.29 is 9.32 Å². The van der Waals surface area contributed by atoms with Gasteiger partial charge < -0.3 is 9.42 Å². The van der Waals surface area contributed by atoms with Crippen LogP contribution in [0.5, 0.6) is 0 Å². The Morgan fingerprint density at radius 2 is 2.06 bits per heavy atom. The molecule has 1 unspecified atom stereocenters. The van der Waals surface area contributed by atoms with Gasteiger partial charge >= 0.3 is 0 Å². The minimum Gasteiger partial charge on any atom is -0.341 e. The molecule has 1 saturated heterocycles. The van der Waals surface area contributed by atoms with Crippen LogP contribution in [-0.2, 0) is 16.6 Å². The molecular formula is C25H28N4O2. The van der Waals surface area contributed by atoms with Crippen molar-refractivity contribution in [2.45, 2.75) is 50.9 Å². The standard InChI is InChI=1S/C25H28N4O2/c1-18-5-7-19(8-6-18)14-22(30)29-13-3-11-25(17-29,15-20-9-10-20)24-27-23(31-28-24)21-4-2-12-26-16-21/h2,4-8,12,16,20H,3,9-11,13-15,17H2,1H3. The Morgan fingerprint density at radius 1 is 1.23 bits per heavy atom. The van der Waals surface area contributed by atoms with Crippen molar-refractivity contribution >= 4 is 5.91 Å². The highest BCUT2D eigenvalue weighted by Crippen LogP contribution is 2.46. The first-order valence-corrected chi connectivity index (χ1v) is 11.2. The summed E-state index contributed by atoms with van der Waals surface area (Å²) in [5.41, 5.74) is 2.87. The van der Waals surface area contributed by atoms with Crippen molar-refractivity contribution in [1.29, 1.82) is 0 Å². The zero-order valence-corrected chi connectivity index (χ0v) is 18.0. The molecule has 3 aromatic rings. The van der Waals surface area contributed by atoms with E-state index in [2.05, 4.69) is 29.2 Å². The third-order valence-corrected chi connectivity index (χ3v) is 6.59. The van der Waals surface area contributed by atoms with Crippen molar-refractivity contribution in [3.63, 3.8) is 0 Å². The second kappa shape index (κ2) is 8.25. The van der Waals surface area contributed by atoms with Gasteiger partial charge in [0.25, 0.3) is 5.89 Å². The molecule has 2 aromatic heterocycles. The molecule has 31 heavy (non-hydrogen) atoms. The quantitative estimate of drug-likeness (QED) is 0.598. The van der Waals surface area contributed by atoms with Crippen LogP contribution < -0.4 is 0 Å². The first-order chi connectivity index (χ1) is 15.1. The maximum absolute atomic E-state index is 13.2. The first kappa shape index (κ1) is 19.9. The maximum Gasteiger partial charge on any atom is 0.259 e. The third kappa shape index (κ3) is 4.38. The summed E-state index contributed by atoms with van der Waals surface area (Å²) in [4.78, 5) is 24.1. The lowest BCUT2D eigenvalue weighted by Gasteiger charge is -2.41. The Labute approximate surface area is 182 Å². The molecule has 3 heterocycles. The molecule has 0 bridgehead atoms. The highest BCUT2D eigenvalue weighted by Gasteiger charge is 2.45. The smallest absolute Gasteiger partial charge is 0.259 e. The average molecular weight is 417 g/mol. The topological polar surface area (TPSA) is 72.1 Å². The van der Waals surface area contributed by atoms with Gasteiger partial charge in [-0.3, -0.25) is 9.78 Å². The number of rotatable bonds is 6. The van der Waals surface area contributed by atoms with Gasteiger partial charge in [0.2, 0.25) is 5.91 Å². The number of piperidine rings is 1. The molecule has 0 N–H and O–H groups in total. The van der Waals surface area contributed by atoms with Crippen LogP contribution in [0.15, 0.2) is 53.3 Å². The van der Waals surface area contributed by atoms with Crippen LogP contribution in [0.25, 0.3) is 11.5 Å². The average Bonchev–Trinajstić information content (AvgIpc) is 3.46. The summed E-state index contributed by atoms with van der Waals surface area (Å²) in [5.74, 6) is 2.12. The van der Waals surface area contributed by atoms with E-state index in [0.29, 0.717) is 24.8 Å². The molecule has 2 aliphatic rings. The fourth-order valence-corrected chi connectivity index (χ4v) is 4.70. The molecule has 1 aliphatic carbocycles. The molecule has 1 aromatic carbocycles. The van der Waals surface area contributed by atoms with Crippen molar-refractivity contribution in [2.75, 3.05) is 13.1 Å². The van der Waals surface area contributed by atoms with Gasteiger partial charge in [0.05, 0.1) is 17.4 Å². The molecule has 6 nitrogen and oxygen atoms in total. The van der Waals surface area contributed by atoms with Gasteiger partial charge in [-0.25, -0.2) is 0 Å². The molecule has 0 spiro atoms. The zero-order chi connectivity index (χ0) is 21.3. The molecular weight excluding hydrogens is 388 g/mol. The molecule has 1 aliphatic heterocycles. The number of nitrogens with zero attached hydrogens (tertiary/aromatic N) is 4. The van der Waals surface area contributed by atoms with Gasteiger partial charge in [0, 0.05) is 25.5 Å². The summed E-state index contributed by atoms with van der Waals surface area (Å²) < 4.78 is 5.63. The van der Waals surface area contributed by atoms with Crippen LogP contribution >= 0.6 is 0 Å². The van der Waals surface area contributed by atoms with E-state index >= 15 is 0 Å². The van der Waals surface area contributed by atoms with E-state index in [1.165, 1.54) is 18.4 Å². The van der Waals surface area contributed by atoms with Gasteiger partial charge in [-0.15, -0.1) is 0 Å². The van der Waals surface area contributed by atoms with E-state index in [4.69, 9.17) is 9.51 Å². The number of benzene rings is 1. The monoisotopic (exact) mass is 416 g/mol. The van der Waals surface area contributed by atoms with E-state index in [0.717, 1.165) is 42.8 Å². The highest BCUT2D eigenvalue weighted by molar-refractivity contribution is 5.79. The van der Waals surface area contributed by atoms with E-state index in [9.17, 15) is 4.79 Å². The van der Waals surface area contributed by atoms with Crippen LogP contribution in [0.4, 0.5) is 0 Å². The number of aryl methyl sites for hydroxylation is 1. The normalized spacial score (nSPS) is 21.3. The molecule has 1 saturated carbocycles. The van der Waals surface area contributed by atoms with E-state index in [-0.39, 0.29) is 11.3 Å². The Hall–Kier alpha value is -3.02. The number of likely N-dealkylation sites (tertiary alicyclic amines) is 1. The zero-order valence-electron chi connectivity index (χ0n) is 18.0.